The molecule has 2 heterocycles. The van der Waals surface area contributed by atoms with Gasteiger partial charge in [0.05, 0.1) is 12.4 Å². The highest BCUT2D eigenvalue weighted by Gasteiger charge is 2.25. The Bertz CT molecular complexity index is 1090. The number of para-hydroxylation sites is 2. The van der Waals surface area contributed by atoms with Crippen LogP contribution < -0.4 is 9.47 Å². The first-order chi connectivity index (χ1) is 16.0. The summed E-state index contributed by atoms with van der Waals surface area (Å²) in [5.74, 6) is 1.98. The summed E-state index contributed by atoms with van der Waals surface area (Å²) in [5, 5.41) is 8.99. The lowest BCUT2D eigenvalue weighted by Crippen LogP contribution is -2.42. The second kappa shape index (κ2) is 10.7. The molecule has 1 aliphatic heterocycles. The van der Waals surface area contributed by atoms with E-state index in [1.807, 2.05) is 46.7 Å². The van der Waals surface area contributed by atoms with Gasteiger partial charge in [0.25, 0.3) is 0 Å². The number of amides is 1. The summed E-state index contributed by atoms with van der Waals surface area (Å²) < 4.78 is 13.8. The van der Waals surface area contributed by atoms with Gasteiger partial charge in [0.1, 0.15) is 12.4 Å². The number of aryl methyl sites for hydroxylation is 2. The highest BCUT2D eigenvalue weighted by atomic mass is 32.2. The quantitative estimate of drug-likeness (QED) is 0.457. The molecule has 0 saturated carbocycles. The third kappa shape index (κ3) is 5.68. The molecule has 0 spiro atoms. The molecule has 174 valence electrons. The van der Waals surface area contributed by atoms with Crippen molar-refractivity contribution in [3.05, 3.63) is 59.9 Å². The van der Waals surface area contributed by atoms with Crippen LogP contribution in [-0.2, 0) is 4.79 Å². The Morgan fingerprint density at radius 1 is 1.09 bits per heavy atom. The molecule has 2 aromatic carbocycles. The summed E-state index contributed by atoms with van der Waals surface area (Å²) in [7, 11) is 0. The van der Waals surface area contributed by atoms with Crippen molar-refractivity contribution in [3.63, 3.8) is 0 Å². The first-order valence-electron chi connectivity index (χ1n) is 11.3. The zero-order valence-corrected chi connectivity index (χ0v) is 20.2. The molecule has 0 unspecified atom stereocenters. The van der Waals surface area contributed by atoms with E-state index in [1.165, 1.54) is 22.9 Å². The molecule has 1 aliphatic rings. The lowest BCUT2D eigenvalue weighted by molar-refractivity contribution is -0.130. The van der Waals surface area contributed by atoms with Gasteiger partial charge in [-0.25, -0.2) is 0 Å². The molecule has 1 saturated heterocycles. The summed E-state index contributed by atoms with van der Waals surface area (Å²) in [6.45, 7) is 8.11. The SMILES string of the molecule is CCOc1ccccc1OC1CCN(C(=O)CSc2nncn2-c2ccc(C)c(C)c2)CC1. The number of rotatable bonds is 8. The van der Waals surface area contributed by atoms with E-state index < -0.39 is 0 Å². The van der Waals surface area contributed by atoms with Crippen molar-refractivity contribution in [2.24, 2.45) is 0 Å². The summed E-state index contributed by atoms with van der Waals surface area (Å²) >= 11 is 1.42. The molecule has 7 nitrogen and oxygen atoms in total. The number of hydrogen-bond acceptors (Lipinski definition) is 6. The van der Waals surface area contributed by atoms with Gasteiger partial charge in [-0.3, -0.25) is 9.36 Å². The summed E-state index contributed by atoms with van der Waals surface area (Å²) in [6, 6.07) is 14.0. The van der Waals surface area contributed by atoms with Gasteiger partial charge in [0.2, 0.25) is 5.91 Å². The highest BCUT2D eigenvalue weighted by molar-refractivity contribution is 7.99. The summed E-state index contributed by atoms with van der Waals surface area (Å²) in [4.78, 5) is 14.7. The number of benzene rings is 2. The van der Waals surface area contributed by atoms with E-state index >= 15 is 0 Å². The number of piperidine rings is 1. The van der Waals surface area contributed by atoms with E-state index in [-0.39, 0.29) is 12.0 Å². The molecular formula is C25H30N4O3S. The van der Waals surface area contributed by atoms with Gasteiger partial charge >= 0.3 is 0 Å². The molecule has 33 heavy (non-hydrogen) atoms. The highest BCUT2D eigenvalue weighted by Crippen LogP contribution is 2.29. The lowest BCUT2D eigenvalue weighted by Gasteiger charge is -2.32. The topological polar surface area (TPSA) is 69.5 Å². The summed E-state index contributed by atoms with van der Waals surface area (Å²) in [5.41, 5.74) is 3.45. The number of thioether (sulfide) groups is 1. The number of likely N-dealkylation sites (tertiary alicyclic amines) is 1. The molecule has 0 aliphatic carbocycles. The van der Waals surface area contributed by atoms with Crippen LogP contribution in [0.1, 0.15) is 30.9 Å². The Balaban J connectivity index is 1.29. The number of hydrogen-bond donors (Lipinski definition) is 0. The number of nitrogens with zero attached hydrogens (tertiary/aromatic N) is 4. The van der Waals surface area contributed by atoms with Gasteiger partial charge in [-0.2, -0.15) is 0 Å². The fraction of sp³-hybridized carbons (Fsp3) is 0.400. The molecule has 3 aromatic rings. The van der Waals surface area contributed by atoms with Crippen LogP contribution in [0.5, 0.6) is 11.5 Å². The van der Waals surface area contributed by atoms with Crippen molar-refractivity contribution < 1.29 is 14.3 Å². The fourth-order valence-electron chi connectivity index (χ4n) is 3.82. The van der Waals surface area contributed by atoms with Crippen LogP contribution in [0.25, 0.3) is 5.69 Å². The van der Waals surface area contributed by atoms with Gasteiger partial charge in [0, 0.05) is 31.6 Å². The minimum atomic E-state index is 0.0798. The van der Waals surface area contributed by atoms with Crippen molar-refractivity contribution in [3.8, 4) is 17.2 Å². The molecule has 0 bridgehead atoms. The third-order valence-electron chi connectivity index (χ3n) is 5.85. The first-order valence-corrected chi connectivity index (χ1v) is 12.3. The molecule has 0 radical (unpaired) electrons. The normalized spacial score (nSPS) is 14.3. The van der Waals surface area contributed by atoms with E-state index in [1.54, 1.807) is 6.33 Å². The van der Waals surface area contributed by atoms with Crippen LogP contribution in [0.4, 0.5) is 0 Å². The Labute approximate surface area is 199 Å². The monoisotopic (exact) mass is 466 g/mol. The maximum atomic E-state index is 12.8. The van der Waals surface area contributed by atoms with Crippen LogP contribution in [0, 0.1) is 13.8 Å². The fourth-order valence-corrected chi connectivity index (χ4v) is 4.65. The molecular weight excluding hydrogens is 436 g/mol. The van der Waals surface area contributed by atoms with Crippen molar-refractivity contribution in [1.29, 1.82) is 0 Å². The van der Waals surface area contributed by atoms with E-state index in [4.69, 9.17) is 9.47 Å². The van der Waals surface area contributed by atoms with Gasteiger partial charge < -0.3 is 14.4 Å². The standard InChI is InChI=1S/C25H30N4O3S/c1-4-31-22-7-5-6-8-23(22)32-21-11-13-28(14-12-21)24(30)16-33-25-27-26-17-29(25)20-10-9-18(2)19(3)15-20/h5-10,15,17,21H,4,11-14,16H2,1-3H3. The zero-order chi connectivity index (χ0) is 23.2. The summed E-state index contributed by atoms with van der Waals surface area (Å²) in [6.07, 6.45) is 3.38. The largest absolute Gasteiger partial charge is 0.490 e. The Morgan fingerprint density at radius 3 is 2.58 bits per heavy atom. The predicted molar refractivity (Wildman–Crippen MR) is 129 cm³/mol. The van der Waals surface area contributed by atoms with Crippen LogP contribution in [0.2, 0.25) is 0 Å². The zero-order valence-electron chi connectivity index (χ0n) is 19.4. The van der Waals surface area contributed by atoms with Crippen LogP contribution in [0.3, 0.4) is 0 Å². The van der Waals surface area contributed by atoms with Gasteiger partial charge in [-0.15, -0.1) is 10.2 Å². The average molecular weight is 467 g/mol. The maximum Gasteiger partial charge on any atom is 0.233 e. The minimum Gasteiger partial charge on any atom is -0.490 e. The second-order valence-corrected chi connectivity index (χ2v) is 9.06. The van der Waals surface area contributed by atoms with E-state index in [2.05, 4.69) is 36.2 Å². The number of aromatic nitrogens is 3. The Kier molecular flexibility index (Phi) is 7.54. The molecule has 4 rings (SSSR count). The van der Waals surface area contributed by atoms with E-state index in [9.17, 15) is 4.79 Å². The maximum absolute atomic E-state index is 12.8. The Morgan fingerprint density at radius 2 is 1.85 bits per heavy atom. The van der Waals surface area contributed by atoms with Crippen LogP contribution in [-0.4, -0.2) is 57.1 Å². The van der Waals surface area contributed by atoms with Gasteiger partial charge in [-0.05, 0) is 56.2 Å². The second-order valence-electron chi connectivity index (χ2n) is 8.12. The van der Waals surface area contributed by atoms with Crippen molar-refractivity contribution in [1.82, 2.24) is 19.7 Å². The van der Waals surface area contributed by atoms with Crippen LogP contribution >= 0.6 is 11.8 Å². The average Bonchev–Trinajstić information content (AvgIpc) is 3.30. The molecule has 8 heteroatoms. The lowest BCUT2D eigenvalue weighted by atomic mass is 10.1. The number of carbonyl (C=O) groups excluding carboxylic acids is 1. The number of ether oxygens (including phenoxy) is 2. The Hall–Kier alpha value is -3.00. The van der Waals surface area contributed by atoms with Crippen LogP contribution in [0.15, 0.2) is 53.9 Å². The molecule has 0 N–H and O–H groups in total. The molecule has 1 amide bonds. The van der Waals surface area contributed by atoms with Gasteiger partial charge in [-0.1, -0.05) is 30.0 Å². The molecule has 1 aromatic heterocycles. The van der Waals surface area contributed by atoms with Crippen molar-refractivity contribution >= 4 is 17.7 Å². The number of carbonyl (C=O) groups is 1. The van der Waals surface area contributed by atoms with Gasteiger partial charge in [0.15, 0.2) is 16.7 Å². The molecule has 0 atom stereocenters. The van der Waals surface area contributed by atoms with E-state index in [0.717, 1.165) is 35.2 Å². The van der Waals surface area contributed by atoms with Crippen molar-refractivity contribution in [2.75, 3.05) is 25.4 Å². The predicted octanol–water partition coefficient (Wildman–Crippen LogP) is 4.44. The molecule has 1 fully saturated rings. The van der Waals surface area contributed by atoms with Crippen molar-refractivity contribution in [2.45, 2.75) is 44.9 Å². The minimum absolute atomic E-state index is 0.0798. The smallest absolute Gasteiger partial charge is 0.233 e. The van der Waals surface area contributed by atoms with E-state index in [0.29, 0.717) is 25.4 Å². The third-order valence-corrected chi connectivity index (χ3v) is 6.78. The first kappa shape index (κ1) is 23.2.